The summed E-state index contributed by atoms with van der Waals surface area (Å²) in [6.45, 7) is 2.24. The Morgan fingerprint density at radius 2 is 2.12 bits per heavy atom. The SMILES string of the molecule is N#CCC1(CN2CCCc3ccccc32)CC1. The van der Waals surface area contributed by atoms with Crippen LogP contribution < -0.4 is 4.90 Å². The fourth-order valence-electron chi connectivity index (χ4n) is 2.92. The summed E-state index contributed by atoms with van der Waals surface area (Å²) in [6, 6.07) is 11.1. The molecule has 0 amide bonds. The summed E-state index contributed by atoms with van der Waals surface area (Å²) in [4.78, 5) is 2.50. The molecule has 1 aromatic carbocycles. The Morgan fingerprint density at radius 1 is 1.29 bits per heavy atom. The zero-order valence-electron chi connectivity index (χ0n) is 10.2. The number of hydrogen-bond donors (Lipinski definition) is 0. The summed E-state index contributed by atoms with van der Waals surface area (Å²) in [5, 5.41) is 8.90. The zero-order chi connectivity index (χ0) is 11.7. The van der Waals surface area contributed by atoms with Gasteiger partial charge >= 0.3 is 0 Å². The van der Waals surface area contributed by atoms with Crippen molar-refractivity contribution in [1.82, 2.24) is 0 Å². The molecule has 2 aliphatic rings. The van der Waals surface area contributed by atoms with E-state index in [1.165, 1.54) is 36.9 Å². The van der Waals surface area contributed by atoms with Gasteiger partial charge in [-0.25, -0.2) is 0 Å². The van der Waals surface area contributed by atoms with E-state index in [2.05, 4.69) is 35.2 Å². The molecule has 0 spiro atoms. The molecule has 2 heteroatoms. The summed E-state index contributed by atoms with van der Waals surface area (Å²) in [7, 11) is 0. The third-order valence-electron chi connectivity index (χ3n) is 4.14. The monoisotopic (exact) mass is 226 g/mol. The molecule has 1 aliphatic heterocycles. The Labute approximate surface area is 103 Å². The van der Waals surface area contributed by atoms with E-state index in [4.69, 9.17) is 5.26 Å². The fraction of sp³-hybridized carbons (Fsp3) is 0.533. The predicted molar refractivity (Wildman–Crippen MR) is 68.9 cm³/mol. The highest BCUT2D eigenvalue weighted by atomic mass is 15.1. The maximum absolute atomic E-state index is 8.90. The Bertz CT molecular complexity index is 454. The van der Waals surface area contributed by atoms with Gasteiger partial charge in [0.25, 0.3) is 0 Å². The van der Waals surface area contributed by atoms with E-state index < -0.39 is 0 Å². The highest BCUT2D eigenvalue weighted by Crippen LogP contribution is 2.50. The van der Waals surface area contributed by atoms with Gasteiger partial charge in [0.15, 0.2) is 0 Å². The summed E-state index contributed by atoms with van der Waals surface area (Å²) < 4.78 is 0. The van der Waals surface area contributed by atoms with Gasteiger partial charge in [-0.15, -0.1) is 0 Å². The first-order valence-corrected chi connectivity index (χ1v) is 6.53. The van der Waals surface area contributed by atoms with Crippen LogP contribution in [0.5, 0.6) is 0 Å². The Balaban J connectivity index is 1.80. The van der Waals surface area contributed by atoms with Crippen LogP contribution in [0.15, 0.2) is 24.3 Å². The molecular weight excluding hydrogens is 208 g/mol. The average molecular weight is 226 g/mol. The predicted octanol–water partition coefficient (Wildman–Crippen LogP) is 3.13. The summed E-state index contributed by atoms with van der Waals surface area (Å²) in [5.41, 5.74) is 3.20. The van der Waals surface area contributed by atoms with Gasteiger partial charge in [-0.05, 0) is 37.3 Å². The van der Waals surface area contributed by atoms with Crippen LogP contribution in [-0.2, 0) is 6.42 Å². The second kappa shape index (κ2) is 4.07. The number of nitriles is 1. The second-order valence-electron chi connectivity index (χ2n) is 5.49. The minimum atomic E-state index is 0.319. The largest absolute Gasteiger partial charge is 0.371 e. The van der Waals surface area contributed by atoms with Crippen molar-refractivity contribution in [3.63, 3.8) is 0 Å². The number of hydrogen-bond acceptors (Lipinski definition) is 2. The van der Waals surface area contributed by atoms with Crippen LogP contribution in [0.25, 0.3) is 0 Å². The van der Waals surface area contributed by atoms with Crippen LogP contribution >= 0.6 is 0 Å². The first kappa shape index (κ1) is 10.7. The molecule has 1 heterocycles. The van der Waals surface area contributed by atoms with Gasteiger partial charge in [0.05, 0.1) is 6.07 Å². The first-order chi connectivity index (χ1) is 8.33. The van der Waals surface area contributed by atoms with Crippen molar-refractivity contribution in [3.8, 4) is 6.07 Å². The smallest absolute Gasteiger partial charge is 0.0628 e. The maximum atomic E-state index is 8.90. The summed E-state index contributed by atoms with van der Waals surface area (Å²) in [6.07, 6.45) is 5.65. The number of fused-ring (bicyclic) bond motifs is 1. The lowest BCUT2D eigenvalue weighted by Gasteiger charge is -2.33. The molecule has 0 aromatic heterocycles. The molecule has 3 rings (SSSR count). The van der Waals surface area contributed by atoms with Crippen LogP contribution in [0.4, 0.5) is 5.69 Å². The number of nitrogens with zero attached hydrogens (tertiary/aromatic N) is 2. The third-order valence-corrected chi connectivity index (χ3v) is 4.14. The zero-order valence-corrected chi connectivity index (χ0v) is 10.2. The van der Waals surface area contributed by atoms with Crippen molar-refractivity contribution in [2.24, 2.45) is 5.41 Å². The van der Waals surface area contributed by atoms with Gasteiger partial charge in [0.2, 0.25) is 0 Å². The summed E-state index contributed by atoms with van der Waals surface area (Å²) in [5.74, 6) is 0. The van der Waals surface area contributed by atoms with Gasteiger partial charge in [0.1, 0.15) is 0 Å². The fourth-order valence-corrected chi connectivity index (χ4v) is 2.92. The third kappa shape index (κ3) is 2.02. The topological polar surface area (TPSA) is 27.0 Å². The van der Waals surface area contributed by atoms with Crippen molar-refractivity contribution in [1.29, 1.82) is 5.26 Å². The van der Waals surface area contributed by atoms with Gasteiger partial charge < -0.3 is 4.90 Å². The van der Waals surface area contributed by atoms with Crippen molar-refractivity contribution in [3.05, 3.63) is 29.8 Å². The van der Waals surface area contributed by atoms with Gasteiger partial charge in [-0.2, -0.15) is 5.26 Å². The van der Waals surface area contributed by atoms with E-state index >= 15 is 0 Å². The lowest BCUT2D eigenvalue weighted by Crippen LogP contribution is -2.34. The molecule has 0 N–H and O–H groups in total. The molecule has 0 atom stereocenters. The highest BCUT2D eigenvalue weighted by Gasteiger charge is 2.44. The van der Waals surface area contributed by atoms with E-state index in [9.17, 15) is 0 Å². The number of anilines is 1. The Hall–Kier alpha value is -1.49. The van der Waals surface area contributed by atoms with Crippen LogP contribution in [0.3, 0.4) is 0 Å². The standard InChI is InChI=1S/C15H18N2/c16-10-9-15(7-8-15)12-17-11-3-5-13-4-1-2-6-14(13)17/h1-2,4,6H,3,5,7-9,11-12H2. The molecular formula is C15H18N2. The van der Waals surface area contributed by atoms with Crippen molar-refractivity contribution < 1.29 is 0 Å². The lowest BCUT2D eigenvalue weighted by atomic mass is 9.97. The van der Waals surface area contributed by atoms with E-state index in [-0.39, 0.29) is 0 Å². The van der Waals surface area contributed by atoms with Crippen LogP contribution in [0.1, 0.15) is 31.2 Å². The molecule has 1 aliphatic carbocycles. The van der Waals surface area contributed by atoms with Crippen molar-refractivity contribution >= 4 is 5.69 Å². The second-order valence-corrected chi connectivity index (χ2v) is 5.49. The quantitative estimate of drug-likeness (QED) is 0.791. The number of para-hydroxylation sites is 1. The van der Waals surface area contributed by atoms with Crippen LogP contribution in [-0.4, -0.2) is 13.1 Å². The van der Waals surface area contributed by atoms with E-state index in [0.717, 1.165) is 19.5 Å². The molecule has 0 unspecified atom stereocenters. The Kier molecular flexibility index (Phi) is 2.55. The molecule has 0 bridgehead atoms. The van der Waals surface area contributed by atoms with E-state index in [1.54, 1.807) is 0 Å². The van der Waals surface area contributed by atoms with Crippen LogP contribution in [0, 0.1) is 16.7 Å². The minimum absolute atomic E-state index is 0.319. The van der Waals surface area contributed by atoms with Gasteiger partial charge in [-0.1, -0.05) is 18.2 Å². The highest BCUT2D eigenvalue weighted by molar-refractivity contribution is 5.55. The molecule has 88 valence electrons. The number of benzene rings is 1. The molecule has 1 saturated carbocycles. The van der Waals surface area contributed by atoms with E-state index in [1.807, 2.05) is 0 Å². The summed E-state index contributed by atoms with van der Waals surface area (Å²) >= 11 is 0. The molecule has 1 aromatic rings. The molecule has 0 saturated heterocycles. The molecule has 17 heavy (non-hydrogen) atoms. The van der Waals surface area contributed by atoms with E-state index in [0.29, 0.717) is 5.41 Å². The van der Waals surface area contributed by atoms with Crippen molar-refractivity contribution in [2.45, 2.75) is 32.1 Å². The first-order valence-electron chi connectivity index (χ1n) is 6.53. The van der Waals surface area contributed by atoms with Crippen LogP contribution in [0.2, 0.25) is 0 Å². The van der Waals surface area contributed by atoms with Crippen molar-refractivity contribution in [2.75, 3.05) is 18.0 Å². The normalized spacial score (nSPS) is 20.5. The lowest BCUT2D eigenvalue weighted by molar-refractivity contribution is 0.498. The molecule has 2 nitrogen and oxygen atoms in total. The average Bonchev–Trinajstić information content (AvgIpc) is 3.10. The molecule has 1 fully saturated rings. The van der Waals surface area contributed by atoms with Gasteiger partial charge in [0, 0.05) is 30.6 Å². The molecule has 0 radical (unpaired) electrons. The van der Waals surface area contributed by atoms with Gasteiger partial charge in [-0.3, -0.25) is 0 Å². The minimum Gasteiger partial charge on any atom is -0.371 e. The number of aryl methyl sites for hydroxylation is 1. The number of rotatable bonds is 3. The maximum Gasteiger partial charge on any atom is 0.0628 e. The Morgan fingerprint density at radius 3 is 2.88 bits per heavy atom.